The lowest BCUT2D eigenvalue weighted by atomic mass is 10.2. The first-order valence-electron chi connectivity index (χ1n) is 8.15. The van der Waals surface area contributed by atoms with Crippen LogP contribution in [0.4, 0.5) is 8.78 Å². The fourth-order valence-corrected chi connectivity index (χ4v) is 3.07. The first-order chi connectivity index (χ1) is 12.8. The number of rotatable bonds is 8. The fourth-order valence-electron chi connectivity index (χ4n) is 2.15. The summed E-state index contributed by atoms with van der Waals surface area (Å²) in [6, 6.07) is 9.19. The van der Waals surface area contributed by atoms with Gasteiger partial charge in [0.2, 0.25) is 0 Å². The van der Waals surface area contributed by atoms with Crippen molar-refractivity contribution in [3.05, 3.63) is 59.7 Å². The van der Waals surface area contributed by atoms with Crippen LogP contribution in [0.2, 0.25) is 0 Å². The first kappa shape index (κ1) is 20.7. The minimum Gasteiger partial charge on any atom is -0.488 e. The highest BCUT2D eigenvalue weighted by Crippen LogP contribution is 2.27. The Bertz CT molecular complexity index is 831. The summed E-state index contributed by atoms with van der Waals surface area (Å²) < 4.78 is 31.7. The standard InChI is InChI=1S/C19H19F2NO4S/c1-11(10-26-16-8-7-13(20)9-15(16)21)22-18(23)14-5-3-4-6-17(14)27-12(2)19(24)25/h3-9,11-12H,10H2,1-2H3,(H,22,23)(H,24,25). The Labute approximate surface area is 159 Å². The second kappa shape index (κ2) is 9.36. The van der Waals surface area contributed by atoms with Gasteiger partial charge in [-0.2, -0.15) is 0 Å². The van der Waals surface area contributed by atoms with Gasteiger partial charge in [-0.15, -0.1) is 11.8 Å². The van der Waals surface area contributed by atoms with Crippen molar-refractivity contribution in [1.29, 1.82) is 0 Å². The summed E-state index contributed by atoms with van der Waals surface area (Å²) in [5.41, 5.74) is 0.343. The van der Waals surface area contributed by atoms with Crippen LogP contribution in [0.25, 0.3) is 0 Å². The lowest BCUT2D eigenvalue weighted by Crippen LogP contribution is -2.37. The Hall–Kier alpha value is -2.61. The van der Waals surface area contributed by atoms with Crippen molar-refractivity contribution in [2.24, 2.45) is 0 Å². The molecule has 0 heterocycles. The summed E-state index contributed by atoms with van der Waals surface area (Å²) in [6.07, 6.45) is 0. The number of carboxylic acid groups (broad SMARTS) is 1. The minimum absolute atomic E-state index is 0.0187. The van der Waals surface area contributed by atoms with Crippen LogP contribution >= 0.6 is 11.8 Å². The molecular weight excluding hydrogens is 376 g/mol. The van der Waals surface area contributed by atoms with Gasteiger partial charge >= 0.3 is 5.97 Å². The fraction of sp³-hybridized carbons (Fsp3) is 0.263. The molecule has 2 atom stereocenters. The van der Waals surface area contributed by atoms with Gasteiger partial charge in [0, 0.05) is 11.0 Å². The van der Waals surface area contributed by atoms with E-state index in [0.717, 1.165) is 23.9 Å². The average molecular weight is 395 g/mol. The van der Waals surface area contributed by atoms with Crippen LogP contribution in [0.5, 0.6) is 5.75 Å². The van der Waals surface area contributed by atoms with Crippen LogP contribution in [0.1, 0.15) is 24.2 Å². The molecule has 0 aliphatic rings. The number of carbonyl (C=O) groups is 2. The summed E-state index contributed by atoms with van der Waals surface area (Å²) >= 11 is 1.07. The van der Waals surface area contributed by atoms with E-state index in [1.54, 1.807) is 31.2 Å². The normalized spacial score (nSPS) is 12.9. The zero-order valence-corrected chi connectivity index (χ0v) is 15.6. The number of hydrogen-bond acceptors (Lipinski definition) is 4. The highest BCUT2D eigenvalue weighted by atomic mass is 32.2. The van der Waals surface area contributed by atoms with Crippen LogP contribution < -0.4 is 10.1 Å². The maximum absolute atomic E-state index is 13.6. The van der Waals surface area contributed by atoms with E-state index in [9.17, 15) is 18.4 Å². The largest absolute Gasteiger partial charge is 0.488 e. The smallest absolute Gasteiger partial charge is 0.316 e. The molecule has 8 heteroatoms. The molecule has 0 aromatic heterocycles. The van der Waals surface area contributed by atoms with Gasteiger partial charge < -0.3 is 15.2 Å². The number of carbonyl (C=O) groups excluding carboxylic acids is 1. The predicted octanol–water partition coefficient (Wildman–Crippen LogP) is 3.73. The quantitative estimate of drug-likeness (QED) is 0.666. The van der Waals surface area contributed by atoms with Crippen LogP contribution in [0.3, 0.4) is 0 Å². The van der Waals surface area contributed by atoms with Crippen LogP contribution in [-0.4, -0.2) is 34.9 Å². The van der Waals surface area contributed by atoms with E-state index in [1.165, 1.54) is 13.0 Å². The number of aliphatic carboxylic acids is 1. The van der Waals surface area contributed by atoms with Crippen molar-refractivity contribution in [2.75, 3.05) is 6.61 Å². The summed E-state index contributed by atoms with van der Waals surface area (Å²) in [7, 11) is 0. The first-order valence-corrected chi connectivity index (χ1v) is 9.03. The third kappa shape index (κ3) is 5.96. The number of hydrogen-bond donors (Lipinski definition) is 2. The van der Waals surface area contributed by atoms with Crippen LogP contribution in [-0.2, 0) is 4.79 Å². The van der Waals surface area contributed by atoms with Gasteiger partial charge in [-0.25, -0.2) is 8.78 Å². The second-order valence-electron chi connectivity index (χ2n) is 5.85. The summed E-state index contributed by atoms with van der Waals surface area (Å²) in [4.78, 5) is 24.1. The maximum atomic E-state index is 13.6. The van der Waals surface area contributed by atoms with Crippen molar-refractivity contribution in [3.8, 4) is 5.75 Å². The van der Waals surface area contributed by atoms with Crippen molar-refractivity contribution in [3.63, 3.8) is 0 Å². The average Bonchev–Trinajstić information content (AvgIpc) is 2.61. The summed E-state index contributed by atoms with van der Waals surface area (Å²) in [6.45, 7) is 3.19. The zero-order valence-electron chi connectivity index (χ0n) is 14.7. The molecule has 0 saturated heterocycles. The molecule has 27 heavy (non-hydrogen) atoms. The molecular formula is C19H19F2NO4S. The lowest BCUT2D eigenvalue weighted by molar-refractivity contribution is -0.136. The van der Waals surface area contributed by atoms with E-state index < -0.39 is 34.8 Å². The molecule has 0 spiro atoms. The SMILES string of the molecule is CC(COc1ccc(F)cc1F)NC(=O)c1ccccc1SC(C)C(=O)O. The van der Waals surface area contributed by atoms with Gasteiger partial charge in [-0.1, -0.05) is 12.1 Å². The molecule has 0 radical (unpaired) electrons. The van der Waals surface area contributed by atoms with Crippen LogP contribution in [0, 0.1) is 11.6 Å². The number of nitrogens with one attached hydrogen (secondary N) is 1. The Morgan fingerprint density at radius 1 is 1.19 bits per heavy atom. The number of carboxylic acids is 1. The van der Waals surface area contributed by atoms with Gasteiger partial charge in [0.25, 0.3) is 5.91 Å². The predicted molar refractivity (Wildman–Crippen MR) is 98.2 cm³/mol. The van der Waals surface area contributed by atoms with E-state index in [1.807, 2.05) is 0 Å². The molecule has 2 N–H and O–H groups in total. The van der Waals surface area contributed by atoms with E-state index in [4.69, 9.17) is 9.84 Å². The Morgan fingerprint density at radius 3 is 2.56 bits per heavy atom. The number of halogens is 2. The highest BCUT2D eigenvalue weighted by molar-refractivity contribution is 8.00. The molecule has 0 aliphatic carbocycles. The topological polar surface area (TPSA) is 75.6 Å². The van der Waals surface area contributed by atoms with Gasteiger partial charge in [0.15, 0.2) is 11.6 Å². The summed E-state index contributed by atoms with van der Waals surface area (Å²) in [5.74, 6) is -3.00. The highest BCUT2D eigenvalue weighted by Gasteiger charge is 2.19. The van der Waals surface area contributed by atoms with E-state index >= 15 is 0 Å². The van der Waals surface area contributed by atoms with Gasteiger partial charge in [0.05, 0.1) is 11.6 Å². The Morgan fingerprint density at radius 2 is 1.89 bits per heavy atom. The molecule has 2 aromatic rings. The van der Waals surface area contributed by atoms with Crippen molar-refractivity contribution in [2.45, 2.75) is 30.0 Å². The molecule has 0 saturated carbocycles. The van der Waals surface area contributed by atoms with Crippen molar-refractivity contribution >= 4 is 23.6 Å². The molecule has 5 nitrogen and oxygen atoms in total. The molecule has 144 valence electrons. The maximum Gasteiger partial charge on any atom is 0.316 e. The monoisotopic (exact) mass is 395 g/mol. The Balaban J connectivity index is 1.99. The molecule has 2 rings (SSSR count). The molecule has 2 aromatic carbocycles. The second-order valence-corrected chi connectivity index (χ2v) is 7.24. The van der Waals surface area contributed by atoms with Crippen molar-refractivity contribution in [1.82, 2.24) is 5.32 Å². The molecule has 2 unspecified atom stereocenters. The van der Waals surface area contributed by atoms with Gasteiger partial charge in [-0.3, -0.25) is 9.59 Å². The minimum atomic E-state index is -0.974. The summed E-state index contributed by atoms with van der Waals surface area (Å²) in [5, 5.41) is 11.1. The third-order valence-corrected chi connectivity index (χ3v) is 4.71. The lowest BCUT2D eigenvalue weighted by Gasteiger charge is -2.17. The zero-order chi connectivity index (χ0) is 20.0. The Kier molecular flexibility index (Phi) is 7.18. The van der Waals surface area contributed by atoms with Gasteiger partial charge in [0.1, 0.15) is 17.7 Å². The van der Waals surface area contributed by atoms with Gasteiger partial charge in [-0.05, 0) is 38.1 Å². The number of ether oxygens (including phenoxy) is 1. The number of benzene rings is 2. The third-order valence-electron chi connectivity index (χ3n) is 3.54. The molecule has 0 aliphatic heterocycles. The van der Waals surface area contributed by atoms with E-state index in [0.29, 0.717) is 10.5 Å². The molecule has 1 amide bonds. The molecule has 0 fully saturated rings. The number of thioether (sulfide) groups is 1. The van der Waals surface area contributed by atoms with Crippen molar-refractivity contribution < 1.29 is 28.2 Å². The molecule has 0 bridgehead atoms. The van der Waals surface area contributed by atoms with E-state index in [2.05, 4.69) is 5.32 Å². The van der Waals surface area contributed by atoms with Crippen LogP contribution in [0.15, 0.2) is 47.4 Å². The number of amides is 1. The van der Waals surface area contributed by atoms with E-state index in [-0.39, 0.29) is 12.4 Å².